The van der Waals surface area contributed by atoms with Crippen LogP contribution in [0.25, 0.3) is 11.5 Å². The first kappa shape index (κ1) is 21.1. The summed E-state index contributed by atoms with van der Waals surface area (Å²) in [7, 11) is 1.34. The molecule has 0 saturated heterocycles. The van der Waals surface area contributed by atoms with Crippen LogP contribution in [0, 0.1) is 6.92 Å². The van der Waals surface area contributed by atoms with Gasteiger partial charge in [0.25, 0.3) is 0 Å². The molecule has 3 aromatic rings. The van der Waals surface area contributed by atoms with Crippen LogP contribution in [0.2, 0.25) is 0 Å². The molecule has 0 bridgehead atoms. The second-order valence-corrected chi connectivity index (χ2v) is 8.04. The molecule has 1 aromatic carbocycles. The lowest BCUT2D eigenvalue weighted by Gasteiger charge is -2.18. The van der Waals surface area contributed by atoms with Crippen molar-refractivity contribution in [3.63, 3.8) is 0 Å². The van der Waals surface area contributed by atoms with E-state index in [2.05, 4.69) is 10.3 Å². The average Bonchev–Trinajstić information content (AvgIpc) is 3.38. The number of ether oxygens (including phenoxy) is 1. The molecule has 0 radical (unpaired) electrons. The van der Waals surface area contributed by atoms with Gasteiger partial charge in [0.15, 0.2) is 0 Å². The van der Waals surface area contributed by atoms with Crippen LogP contribution in [0.5, 0.6) is 0 Å². The van der Waals surface area contributed by atoms with Gasteiger partial charge >= 0.3 is 5.97 Å². The number of thiophene rings is 1. The van der Waals surface area contributed by atoms with Gasteiger partial charge in [-0.1, -0.05) is 12.1 Å². The minimum atomic E-state index is -0.477. The highest BCUT2D eigenvalue weighted by Crippen LogP contribution is 2.25. The van der Waals surface area contributed by atoms with Gasteiger partial charge in [-0.05, 0) is 42.3 Å². The Bertz CT molecular complexity index is 965. The third-order valence-electron chi connectivity index (χ3n) is 4.44. The first-order chi connectivity index (χ1) is 14.0. The van der Waals surface area contributed by atoms with Gasteiger partial charge in [0.05, 0.1) is 31.7 Å². The van der Waals surface area contributed by atoms with Crippen LogP contribution in [-0.4, -0.2) is 30.2 Å². The Balaban J connectivity index is 1.73. The molecular formula is C21H22N2O4S2. The fraction of sp³-hybridized carbons (Fsp3) is 0.286. The van der Waals surface area contributed by atoms with Crippen LogP contribution in [0.1, 0.15) is 29.5 Å². The van der Waals surface area contributed by atoms with Crippen LogP contribution in [0.15, 0.2) is 50.4 Å². The molecule has 8 heteroatoms. The van der Waals surface area contributed by atoms with E-state index in [1.165, 1.54) is 7.11 Å². The topological polar surface area (TPSA) is 81.4 Å². The molecule has 1 atom stereocenters. The molecule has 152 valence electrons. The van der Waals surface area contributed by atoms with Crippen molar-refractivity contribution in [3.8, 4) is 11.5 Å². The summed E-state index contributed by atoms with van der Waals surface area (Å²) >= 11 is 3.18. The number of aromatic nitrogens is 1. The van der Waals surface area contributed by atoms with Gasteiger partial charge in [0, 0.05) is 15.8 Å². The van der Waals surface area contributed by atoms with Crippen LogP contribution in [-0.2, 0) is 20.7 Å². The van der Waals surface area contributed by atoms with Crippen LogP contribution >= 0.6 is 23.1 Å². The molecule has 2 heterocycles. The van der Waals surface area contributed by atoms with Crippen LogP contribution < -0.4 is 5.32 Å². The third kappa shape index (κ3) is 5.48. The second kappa shape index (κ2) is 9.76. The van der Waals surface area contributed by atoms with Gasteiger partial charge < -0.3 is 14.5 Å². The van der Waals surface area contributed by atoms with Crippen molar-refractivity contribution in [2.45, 2.75) is 30.7 Å². The number of nitrogens with zero attached hydrogens (tertiary/aromatic N) is 1. The Morgan fingerprint density at radius 2 is 2.03 bits per heavy atom. The number of rotatable bonds is 8. The van der Waals surface area contributed by atoms with Gasteiger partial charge in [-0.3, -0.25) is 9.59 Å². The van der Waals surface area contributed by atoms with Crippen LogP contribution in [0.3, 0.4) is 0 Å². The molecule has 0 spiro atoms. The zero-order valence-corrected chi connectivity index (χ0v) is 18.1. The Morgan fingerprint density at radius 3 is 2.66 bits per heavy atom. The highest BCUT2D eigenvalue weighted by Gasteiger charge is 2.21. The number of esters is 1. The van der Waals surface area contributed by atoms with Crippen molar-refractivity contribution in [1.29, 1.82) is 0 Å². The minimum absolute atomic E-state index is 0.0544. The van der Waals surface area contributed by atoms with E-state index in [1.54, 1.807) is 30.0 Å². The maximum Gasteiger partial charge on any atom is 0.307 e. The fourth-order valence-electron chi connectivity index (χ4n) is 2.84. The number of methoxy groups -OCH3 is 1. The monoisotopic (exact) mass is 430 g/mol. The lowest BCUT2D eigenvalue weighted by atomic mass is 10.0. The molecule has 0 saturated carbocycles. The number of hydrogen-bond acceptors (Lipinski definition) is 7. The molecule has 1 N–H and O–H groups in total. The molecule has 6 nitrogen and oxygen atoms in total. The SMILES string of the molecule is COC(=O)CC(NC(=O)Cc1nc(-c2ccsc2)oc1C)c1ccc(SC)cc1. The summed E-state index contributed by atoms with van der Waals surface area (Å²) in [6, 6.07) is 9.20. The largest absolute Gasteiger partial charge is 0.469 e. The summed E-state index contributed by atoms with van der Waals surface area (Å²) < 4.78 is 10.5. The van der Waals surface area contributed by atoms with Gasteiger partial charge in [-0.25, -0.2) is 4.98 Å². The molecular weight excluding hydrogens is 408 g/mol. The van der Waals surface area contributed by atoms with E-state index in [0.29, 0.717) is 17.3 Å². The van der Waals surface area contributed by atoms with Crippen molar-refractivity contribution < 1.29 is 18.7 Å². The predicted molar refractivity (Wildman–Crippen MR) is 114 cm³/mol. The second-order valence-electron chi connectivity index (χ2n) is 6.38. The van der Waals surface area contributed by atoms with E-state index in [9.17, 15) is 9.59 Å². The molecule has 0 aliphatic heterocycles. The molecule has 3 rings (SSSR count). The number of carbonyl (C=O) groups excluding carboxylic acids is 2. The summed E-state index contributed by atoms with van der Waals surface area (Å²) in [4.78, 5) is 30.1. The Hall–Kier alpha value is -2.58. The normalized spacial score (nSPS) is 11.8. The first-order valence-corrected chi connectivity index (χ1v) is 11.2. The number of oxazole rings is 1. The van der Waals surface area contributed by atoms with Crippen molar-refractivity contribution in [1.82, 2.24) is 10.3 Å². The van der Waals surface area contributed by atoms with Crippen molar-refractivity contribution >= 4 is 35.0 Å². The van der Waals surface area contributed by atoms with E-state index in [0.717, 1.165) is 16.0 Å². The Morgan fingerprint density at radius 1 is 1.28 bits per heavy atom. The number of nitrogens with one attached hydrogen (secondary N) is 1. The smallest absolute Gasteiger partial charge is 0.307 e. The van der Waals surface area contributed by atoms with E-state index < -0.39 is 6.04 Å². The van der Waals surface area contributed by atoms with E-state index >= 15 is 0 Å². The van der Waals surface area contributed by atoms with Gasteiger partial charge in [0.2, 0.25) is 11.8 Å². The standard InChI is InChI=1S/C21H22N2O4S2/c1-13-17(23-21(27-13)15-8-9-29-12-15)10-19(24)22-18(11-20(25)26-2)14-4-6-16(28-3)7-5-14/h4-9,12,18H,10-11H2,1-3H3,(H,22,24). The highest BCUT2D eigenvalue weighted by molar-refractivity contribution is 7.98. The van der Waals surface area contributed by atoms with Crippen molar-refractivity contribution in [3.05, 3.63) is 58.1 Å². The van der Waals surface area contributed by atoms with Gasteiger partial charge in [-0.15, -0.1) is 11.8 Å². The average molecular weight is 431 g/mol. The third-order valence-corrected chi connectivity index (χ3v) is 5.87. The zero-order valence-electron chi connectivity index (χ0n) is 16.4. The number of thioether (sulfide) groups is 1. The van der Waals surface area contributed by atoms with E-state index in [4.69, 9.17) is 9.15 Å². The summed E-state index contributed by atoms with van der Waals surface area (Å²) in [5, 5.41) is 6.82. The lowest BCUT2D eigenvalue weighted by molar-refractivity contribution is -0.141. The Labute approximate surface area is 177 Å². The predicted octanol–water partition coefficient (Wildman–Crippen LogP) is 4.40. The molecule has 2 aromatic heterocycles. The van der Waals surface area contributed by atoms with Gasteiger partial charge in [0.1, 0.15) is 5.76 Å². The highest BCUT2D eigenvalue weighted by atomic mass is 32.2. The molecule has 0 aliphatic carbocycles. The summed E-state index contributed by atoms with van der Waals surface area (Å²) in [6.07, 6.45) is 2.12. The number of carbonyl (C=O) groups is 2. The zero-order chi connectivity index (χ0) is 20.8. The maximum absolute atomic E-state index is 12.7. The first-order valence-electron chi connectivity index (χ1n) is 8.99. The summed E-state index contributed by atoms with van der Waals surface area (Å²) in [6.45, 7) is 1.79. The minimum Gasteiger partial charge on any atom is -0.469 e. The van der Waals surface area contributed by atoms with Crippen molar-refractivity contribution in [2.24, 2.45) is 0 Å². The molecule has 1 unspecified atom stereocenters. The Kier molecular flexibility index (Phi) is 7.11. The molecule has 0 fully saturated rings. The van der Waals surface area contributed by atoms with Crippen molar-refractivity contribution in [2.75, 3.05) is 13.4 Å². The number of aryl methyl sites for hydroxylation is 1. The molecule has 0 aliphatic rings. The molecule has 29 heavy (non-hydrogen) atoms. The quantitative estimate of drug-likeness (QED) is 0.421. The maximum atomic E-state index is 12.7. The molecule has 1 amide bonds. The fourth-order valence-corrected chi connectivity index (χ4v) is 3.88. The summed E-state index contributed by atoms with van der Waals surface area (Å²) in [5.41, 5.74) is 2.32. The lowest BCUT2D eigenvalue weighted by Crippen LogP contribution is -2.31. The van der Waals surface area contributed by atoms with Crippen LogP contribution in [0.4, 0.5) is 0 Å². The number of benzene rings is 1. The van der Waals surface area contributed by atoms with E-state index in [-0.39, 0.29) is 24.7 Å². The number of hydrogen-bond donors (Lipinski definition) is 1. The van der Waals surface area contributed by atoms with Gasteiger partial charge in [-0.2, -0.15) is 11.3 Å². The summed E-state index contributed by atoms with van der Waals surface area (Å²) in [5.74, 6) is 0.489. The number of amides is 1. The van der Waals surface area contributed by atoms with E-state index in [1.807, 2.05) is 47.3 Å².